The zero-order chi connectivity index (χ0) is 23.4. The molecular formula is C22H21N5O4S2. The Morgan fingerprint density at radius 2 is 1.94 bits per heavy atom. The highest BCUT2D eigenvalue weighted by atomic mass is 32.1. The van der Waals surface area contributed by atoms with Crippen LogP contribution in [0.3, 0.4) is 0 Å². The molecule has 1 fully saturated rings. The zero-order valence-corrected chi connectivity index (χ0v) is 19.4. The van der Waals surface area contributed by atoms with Gasteiger partial charge in [0.05, 0.1) is 17.7 Å². The average molecular weight is 484 g/mol. The van der Waals surface area contributed by atoms with E-state index in [1.54, 1.807) is 19.2 Å². The molecule has 0 radical (unpaired) electrons. The Morgan fingerprint density at radius 1 is 1.21 bits per heavy atom. The van der Waals surface area contributed by atoms with E-state index in [9.17, 15) is 14.9 Å². The molecule has 1 aliphatic heterocycles. The molecule has 1 amide bonds. The fourth-order valence-corrected chi connectivity index (χ4v) is 4.54. The third-order valence-corrected chi connectivity index (χ3v) is 6.18. The van der Waals surface area contributed by atoms with Crippen LogP contribution in [0.15, 0.2) is 47.8 Å². The van der Waals surface area contributed by atoms with Gasteiger partial charge in [-0.15, -0.1) is 11.3 Å². The Kier molecular flexibility index (Phi) is 6.80. The SMILES string of the molecule is COc1ccc(-c2csc(NC(=S)NC(=O)c3ccc(N4CCCC4)c([N+](=O)[O-])c3)n2)cc1. The number of carbonyl (C=O) groups is 1. The molecule has 9 nitrogen and oxygen atoms in total. The second-order valence-electron chi connectivity index (χ2n) is 7.33. The van der Waals surface area contributed by atoms with Gasteiger partial charge in [-0.05, 0) is 61.5 Å². The number of nitrogens with one attached hydrogen (secondary N) is 2. The van der Waals surface area contributed by atoms with Crippen LogP contribution >= 0.6 is 23.6 Å². The van der Waals surface area contributed by atoms with E-state index < -0.39 is 10.8 Å². The van der Waals surface area contributed by atoms with Crippen molar-refractivity contribution in [3.63, 3.8) is 0 Å². The minimum absolute atomic E-state index is 0.0573. The Bertz CT molecular complexity index is 1190. The third kappa shape index (κ3) is 5.26. The summed E-state index contributed by atoms with van der Waals surface area (Å²) in [7, 11) is 1.61. The highest BCUT2D eigenvalue weighted by molar-refractivity contribution is 7.80. The maximum absolute atomic E-state index is 12.6. The number of benzene rings is 2. The molecule has 3 aromatic rings. The number of anilines is 2. The molecule has 1 saturated heterocycles. The maximum atomic E-state index is 12.6. The summed E-state index contributed by atoms with van der Waals surface area (Å²) in [5.41, 5.74) is 2.27. The number of amides is 1. The van der Waals surface area contributed by atoms with E-state index in [0.717, 1.165) is 42.9 Å². The summed E-state index contributed by atoms with van der Waals surface area (Å²) >= 11 is 6.57. The molecule has 0 aliphatic carbocycles. The molecule has 0 spiro atoms. The van der Waals surface area contributed by atoms with Gasteiger partial charge < -0.3 is 15.0 Å². The smallest absolute Gasteiger partial charge is 0.293 e. The molecular weight excluding hydrogens is 462 g/mol. The van der Waals surface area contributed by atoms with Gasteiger partial charge in [-0.2, -0.15) is 0 Å². The first-order chi connectivity index (χ1) is 15.9. The van der Waals surface area contributed by atoms with Gasteiger partial charge in [0.25, 0.3) is 11.6 Å². The first-order valence-electron chi connectivity index (χ1n) is 10.2. The Balaban J connectivity index is 1.41. The van der Waals surface area contributed by atoms with E-state index in [4.69, 9.17) is 17.0 Å². The highest BCUT2D eigenvalue weighted by Crippen LogP contribution is 2.32. The van der Waals surface area contributed by atoms with E-state index in [0.29, 0.717) is 10.8 Å². The van der Waals surface area contributed by atoms with E-state index >= 15 is 0 Å². The van der Waals surface area contributed by atoms with Gasteiger partial charge in [0.15, 0.2) is 10.2 Å². The Labute approximate surface area is 199 Å². The van der Waals surface area contributed by atoms with E-state index in [1.807, 2.05) is 34.5 Å². The van der Waals surface area contributed by atoms with Gasteiger partial charge in [-0.1, -0.05) is 0 Å². The van der Waals surface area contributed by atoms with Gasteiger partial charge in [-0.25, -0.2) is 4.98 Å². The molecule has 0 unspecified atom stereocenters. The largest absolute Gasteiger partial charge is 0.497 e. The number of nitrogens with zero attached hydrogens (tertiary/aromatic N) is 3. The van der Waals surface area contributed by atoms with Gasteiger partial charge in [-0.3, -0.25) is 20.2 Å². The van der Waals surface area contributed by atoms with Gasteiger partial charge in [0.2, 0.25) is 0 Å². The van der Waals surface area contributed by atoms with Crippen LogP contribution in [0.1, 0.15) is 23.2 Å². The Morgan fingerprint density at radius 3 is 2.61 bits per heavy atom. The van der Waals surface area contributed by atoms with Gasteiger partial charge in [0, 0.05) is 35.7 Å². The lowest BCUT2D eigenvalue weighted by atomic mass is 10.1. The van der Waals surface area contributed by atoms with Crippen LogP contribution in [0.2, 0.25) is 0 Å². The lowest BCUT2D eigenvalue weighted by Crippen LogP contribution is -2.34. The molecule has 0 bridgehead atoms. The molecule has 2 aromatic carbocycles. The summed E-state index contributed by atoms with van der Waals surface area (Å²) in [4.78, 5) is 30.2. The molecule has 2 N–H and O–H groups in total. The van der Waals surface area contributed by atoms with Crippen molar-refractivity contribution in [2.24, 2.45) is 0 Å². The summed E-state index contributed by atoms with van der Waals surface area (Å²) in [5, 5.41) is 19.5. The normalized spacial score (nSPS) is 12.9. The predicted octanol–water partition coefficient (Wildman–Crippen LogP) is 4.45. The van der Waals surface area contributed by atoms with E-state index in [-0.39, 0.29) is 16.4 Å². The number of hydrogen-bond donors (Lipinski definition) is 2. The molecule has 4 rings (SSSR count). The number of ether oxygens (including phenoxy) is 1. The monoisotopic (exact) mass is 483 g/mol. The van der Waals surface area contributed by atoms with Crippen LogP contribution in [-0.2, 0) is 0 Å². The molecule has 170 valence electrons. The molecule has 0 atom stereocenters. The summed E-state index contributed by atoms with van der Waals surface area (Å²) in [6, 6.07) is 12.0. The second kappa shape index (κ2) is 9.92. The third-order valence-electron chi connectivity index (χ3n) is 5.22. The predicted molar refractivity (Wildman–Crippen MR) is 132 cm³/mol. The first-order valence-corrected chi connectivity index (χ1v) is 11.5. The number of thiocarbonyl (C=S) groups is 1. The van der Waals surface area contributed by atoms with Crippen molar-refractivity contribution in [2.75, 3.05) is 30.4 Å². The molecule has 2 heterocycles. The van der Waals surface area contributed by atoms with Crippen LogP contribution in [0.5, 0.6) is 5.75 Å². The number of thiazole rings is 1. The van der Waals surface area contributed by atoms with Crippen LogP contribution in [0.25, 0.3) is 11.3 Å². The van der Waals surface area contributed by atoms with Crippen molar-refractivity contribution >= 4 is 51.1 Å². The molecule has 0 saturated carbocycles. The average Bonchev–Trinajstić information content (AvgIpc) is 3.51. The van der Waals surface area contributed by atoms with Crippen molar-refractivity contribution in [3.8, 4) is 17.0 Å². The minimum Gasteiger partial charge on any atom is -0.497 e. The van der Waals surface area contributed by atoms with Crippen LogP contribution in [0, 0.1) is 10.1 Å². The summed E-state index contributed by atoms with van der Waals surface area (Å²) in [5.74, 6) is 0.223. The standard InChI is InChI=1S/C22H21N5O4S2/c1-31-16-7-4-14(5-8-16)17-13-33-22(23-17)25-21(32)24-20(28)15-6-9-18(19(12-15)27(29)30)26-10-2-3-11-26/h4-9,12-13H,2-3,10-11H2,1H3,(H2,23,24,25,28,32). The molecule has 1 aromatic heterocycles. The van der Waals surface area contributed by atoms with Crippen molar-refractivity contribution in [1.29, 1.82) is 0 Å². The molecule has 1 aliphatic rings. The zero-order valence-electron chi connectivity index (χ0n) is 17.7. The number of nitro benzene ring substituents is 1. The topological polar surface area (TPSA) is 110 Å². The fraction of sp³-hybridized carbons (Fsp3) is 0.227. The van der Waals surface area contributed by atoms with Gasteiger partial charge in [0.1, 0.15) is 11.4 Å². The van der Waals surface area contributed by atoms with Crippen LogP contribution in [-0.4, -0.2) is 41.1 Å². The van der Waals surface area contributed by atoms with Crippen molar-refractivity contribution in [3.05, 3.63) is 63.5 Å². The first kappa shape index (κ1) is 22.6. The van der Waals surface area contributed by atoms with Crippen molar-refractivity contribution < 1.29 is 14.5 Å². The van der Waals surface area contributed by atoms with Crippen LogP contribution < -0.4 is 20.3 Å². The molecule has 33 heavy (non-hydrogen) atoms. The minimum atomic E-state index is -0.532. The highest BCUT2D eigenvalue weighted by Gasteiger charge is 2.24. The maximum Gasteiger partial charge on any atom is 0.293 e. The number of rotatable bonds is 6. The van der Waals surface area contributed by atoms with Crippen molar-refractivity contribution in [1.82, 2.24) is 10.3 Å². The van der Waals surface area contributed by atoms with E-state index in [2.05, 4.69) is 15.6 Å². The lowest BCUT2D eigenvalue weighted by molar-refractivity contribution is -0.384. The quantitative estimate of drug-likeness (QED) is 0.301. The number of nitro groups is 1. The number of carbonyl (C=O) groups excluding carboxylic acids is 1. The van der Waals surface area contributed by atoms with Crippen molar-refractivity contribution in [2.45, 2.75) is 12.8 Å². The van der Waals surface area contributed by atoms with Gasteiger partial charge >= 0.3 is 0 Å². The molecule has 11 heteroatoms. The number of methoxy groups -OCH3 is 1. The second-order valence-corrected chi connectivity index (χ2v) is 8.60. The number of hydrogen-bond acceptors (Lipinski definition) is 8. The fourth-order valence-electron chi connectivity index (χ4n) is 3.57. The van der Waals surface area contributed by atoms with Crippen LogP contribution in [0.4, 0.5) is 16.5 Å². The lowest BCUT2D eigenvalue weighted by Gasteiger charge is -2.17. The number of aromatic nitrogens is 1. The Hall–Kier alpha value is -3.57. The summed E-state index contributed by atoms with van der Waals surface area (Å²) < 4.78 is 5.16. The summed E-state index contributed by atoms with van der Waals surface area (Å²) in [6.07, 6.45) is 1.99. The summed E-state index contributed by atoms with van der Waals surface area (Å²) in [6.45, 7) is 1.54. The van der Waals surface area contributed by atoms with E-state index in [1.165, 1.54) is 17.4 Å².